The molecule has 4 saturated heterocycles. The first-order valence-electron chi connectivity index (χ1n) is 27.5. The topological polar surface area (TPSA) is 211 Å². The average Bonchev–Trinajstić information content (AvgIpc) is 3.96. The third kappa shape index (κ3) is 12.1. The van der Waals surface area contributed by atoms with Crippen LogP contribution in [0.1, 0.15) is 89.8 Å². The Morgan fingerprint density at radius 1 is 0.963 bits per heavy atom. The van der Waals surface area contributed by atoms with E-state index in [1.807, 2.05) is 6.07 Å². The van der Waals surface area contributed by atoms with Gasteiger partial charge in [0.05, 0.1) is 39.6 Å². The van der Waals surface area contributed by atoms with Crippen molar-refractivity contribution in [1.29, 1.82) is 5.26 Å². The minimum atomic E-state index is -1.03. The molecule has 428 valence electrons. The molecule has 4 aliphatic rings. The summed E-state index contributed by atoms with van der Waals surface area (Å²) in [6.45, 7) is 10.5. The van der Waals surface area contributed by atoms with Gasteiger partial charge < -0.3 is 46.1 Å². The Labute approximate surface area is 475 Å². The molecule has 6 heterocycles. The molecule has 16 nitrogen and oxygen atoms in total. The van der Waals surface area contributed by atoms with Crippen molar-refractivity contribution >= 4 is 72.5 Å². The number of thiophene rings is 1. The van der Waals surface area contributed by atoms with Crippen molar-refractivity contribution in [3.63, 3.8) is 0 Å². The zero-order chi connectivity index (χ0) is 57.4. The van der Waals surface area contributed by atoms with E-state index in [0.29, 0.717) is 55.0 Å². The van der Waals surface area contributed by atoms with Crippen molar-refractivity contribution in [2.24, 2.45) is 5.41 Å². The van der Waals surface area contributed by atoms with E-state index in [-0.39, 0.29) is 105 Å². The molecule has 22 heteroatoms. The molecule has 3 unspecified atom stereocenters. The number of aliphatic hydroxyl groups is 1. The molecule has 4 fully saturated rings. The van der Waals surface area contributed by atoms with E-state index in [0.717, 1.165) is 43.6 Å². The van der Waals surface area contributed by atoms with Gasteiger partial charge in [-0.05, 0) is 91.9 Å². The van der Waals surface area contributed by atoms with Crippen molar-refractivity contribution in [3.8, 4) is 34.3 Å². The average molecular weight is 1150 g/mol. The maximum Gasteiger partial charge on any atom is 0.319 e. The van der Waals surface area contributed by atoms with Gasteiger partial charge in [-0.15, -0.1) is 11.3 Å². The molecule has 7 atom stereocenters. The van der Waals surface area contributed by atoms with Crippen molar-refractivity contribution in [2.75, 3.05) is 63.2 Å². The number of piperazine rings is 1. The first-order chi connectivity index (χ1) is 38.8. The monoisotopic (exact) mass is 1150 g/mol. The van der Waals surface area contributed by atoms with Crippen LogP contribution in [-0.4, -0.2) is 131 Å². The molecule has 0 spiro atoms. The number of aromatic nitrogens is 2. The second kappa shape index (κ2) is 24.0. The molecule has 2 bridgehead atoms. The Morgan fingerprint density at radius 3 is 2.40 bits per heavy atom. The van der Waals surface area contributed by atoms with Crippen LogP contribution in [0.15, 0.2) is 60.7 Å². The number of likely N-dealkylation sites (tertiary alicyclic amines) is 2. The number of rotatable bonds is 18. The Kier molecular flexibility index (Phi) is 17.1. The molecule has 0 radical (unpaired) electrons. The van der Waals surface area contributed by atoms with E-state index in [2.05, 4.69) is 30.7 Å². The van der Waals surface area contributed by atoms with Gasteiger partial charge in [-0.2, -0.15) is 15.2 Å². The largest absolute Gasteiger partial charge is 0.462 e. The number of carbonyl (C=O) groups excluding carboxylic acids is 3. The number of amides is 3. The number of nitriles is 1. The molecule has 81 heavy (non-hydrogen) atoms. The van der Waals surface area contributed by atoms with Crippen molar-refractivity contribution < 1.29 is 46.5 Å². The number of benzene rings is 4. The highest BCUT2D eigenvalue weighted by Gasteiger charge is 2.45. The molecule has 0 saturated carbocycles. The van der Waals surface area contributed by atoms with E-state index in [1.165, 1.54) is 35.2 Å². The molecule has 4 aliphatic heterocycles. The number of nitrogens with zero attached hydrogens (tertiary/aromatic N) is 6. The maximum absolute atomic E-state index is 17.3. The Bertz CT molecular complexity index is 3380. The smallest absolute Gasteiger partial charge is 0.319 e. The number of halogens is 5. The van der Waals surface area contributed by atoms with Crippen LogP contribution < -0.4 is 31.3 Å². The van der Waals surface area contributed by atoms with Gasteiger partial charge in [0, 0.05) is 80.1 Å². The van der Waals surface area contributed by atoms with Crippen LogP contribution in [0.3, 0.4) is 0 Å². The van der Waals surface area contributed by atoms with Crippen LogP contribution in [0.2, 0.25) is 5.02 Å². The van der Waals surface area contributed by atoms with Crippen LogP contribution in [-0.2, 0) is 19.1 Å². The molecule has 0 aliphatic carbocycles. The number of nitrogens with one attached hydrogen (secondary N) is 3. The number of aliphatic hydroxyl groups excluding tert-OH is 1. The SMILES string of the molecule is C[C@H](NC(=O)[C@@H]1C[C@@H](O)CN1C(=O)[C@@H](NC(=O)CCOCCCN1CCCC1COc1nc(N2CC3CCC(C2)N3)c2cc(Cl)c(-c3ccc(F)c4sc(N)c(C#N)c34)c(F)c2n1)C(C)(C)C)c1ccc(-c2c(F)cccc2F)cc1. The summed E-state index contributed by atoms with van der Waals surface area (Å²) in [6.07, 6.45) is 3.43. The van der Waals surface area contributed by atoms with Gasteiger partial charge in [0.2, 0.25) is 17.7 Å². The van der Waals surface area contributed by atoms with Gasteiger partial charge in [-0.25, -0.2) is 17.6 Å². The number of nitrogen functional groups attached to an aromatic ring is 1. The quantitative estimate of drug-likeness (QED) is 0.0403. The molecular weight excluding hydrogens is 1090 g/mol. The molecule has 2 aromatic heterocycles. The third-order valence-corrected chi connectivity index (χ3v) is 17.3. The Balaban J connectivity index is 0.734. The molecular formula is C59H65ClF4N10O6S. The highest BCUT2D eigenvalue weighted by atomic mass is 35.5. The fourth-order valence-corrected chi connectivity index (χ4v) is 13.1. The minimum absolute atomic E-state index is 0.000900. The molecule has 3 amide bonds. The van der Waals surface area contributed by atoms with E-state index >= 15 is 8.78 Å². The Morgan fingerprint density at radius 2 is 1.69 bits per heavy atom. The number of fused-ring (bicyclic) bond motifs is 4. The lowest BCUT2D eigenvalue weighted by atomic mass is 9.85. The number of ether oxygens (including phenoxy) is 2. The van der Waals surface area contributed by atoms with Crippen LogP contribution in [0.4, 0.5) is 28.4 Å². The second-order valence-corrected chi connectivity index (χ2v) is 24.1. The van der Waals surface area contributed by atoms with Crippen LogP contribution in [0, 0.1) is 40.0 Å². The van der Waals surface area contributed by atoms with E-state index in [1.54, 1.807) is 58.0 Å². The third-order valence-electron chi connectivity index (χ3n) is 16.0. The molecule has 6 N–H and O–H groups in total. The number of β-amino-alcohol motifs (C(OH)–C–C–N with tert-alkyl or cyclic N) is 1. The second-order valence-electron chi connectivity index (χ2n) is 22.6. The predicted octanol–water partition coefficient (Wildman–Crippen LogP) is 8.79. The van der Waals surface area contributed by atoms with Gasteiger partial charge in [-0.1, -0.05) is 68.8 Å². The lowest BCUT2D eigenvalue weighted by molar-refractivity contribution is -0.144. The number of anilines is 2. The van der Waals surface area contributed by atoms with Gasteiger partial charge in [0.25, 0.3) is 0 Å². The van der Waals surface area contributed by atoms with Crippen LogP contribution in [0.5, 0.6) is 6.01 Å². The van der Waals surface area contributed by atoms with Gasteiger partial charge in [0.15, 0.2) is 5.82 Å². The maximum atomic E-state index is 17.3. The standard InChI is InChI=1S/C59H65ClF4N10O6S/c1-31(32-11-13-33(14-12-32)47-42(61)9-5-10-43(47)62)67-56(77)45-24-37(75)29-74(45)57(78)53(59(2,3)4)69-46(76)19-23-79-22-7-21-72-20-6-8-36(72)30-80-58-70-51-39(55(71-58)73-27-34-15-16-35(28-73)68-34)25-41(60)49(50(51)64)38-17-18-44(63)52-48(38)40(26-65)54(66)81-52/h5,9-14,17-18,25,31,34-37,45,53,68,75H,6-8,15-16,19-24,27-30,66H2,1-4H3,(H,67,77)(H,69,76)/t31-,34?,35?,36?,37+,45-,53+/m0/s1. The lowest BCUT2D eigenvalue weighted by Gasteiger charge is -2.35. The van der Waals surface area contributed by atoms with Crippen LogP contribution >= 0.6 is 22.9 Å². The lowest BCUT2D eigenvalue weighted by Crippen LogP contribution is -2.58. The number of carbonyl (C=O) groups is 3. The summed E-state index contributed by atoms with van der Waals surface area (Å²) in [4.78, 5) is 56.7. The summed E-state index contributed by atoms with van der Waals surface area (Å²) in [7, 11) is 0. The van der Waals surface area contributed by atoms with E-state index in [4.69, 9.17) is 31.8 Å². The van der Waals surface area contributed by atoms with Gasteiger partial charge in [-0.3, -0.25) is 19.3 Å². The molecule has 6 aromatic rings. The first kappa shape index (κ1) is 57.6. The fraction of sp³-hybridized carbons (Fsp3) is 0.458. The number of nitrogens with two attached hydrogens (primary N) is 1. The van der Waals surface area contributed by atoms with E-state index in [9.17, 15) is 33.5 Å². The highest BCUT2D eigenvalue weighted by Crippen LogP contribution is 2.46. The van der Waals surface area contributed by atoms with Crippen molar-refractivity contribution in [1.82, 2.24) is 35.7 Å². The van der Waals surface area contributed by atoms with Gasteiger partial charge in [0.1, 0.15) is 58.5 Å². The molecule has 4 aromatic carbocycles. The number of hydrogen-bond donors (Lipinski definition) is 5. The summed E-state index contributed by atoms with van der Waals surface area (Å²) in [5, 5.41) is 30.9. The summed E-state index contributed by atoms with van der Waals surface area (Å²) >= 11 is 7.85. The summed E-state index contributed by atoms with van der Waals surface area (Å²) in [5.41, 5.74) is 6.41. The summed E-state index contributed by atoms with van der Waals surface area (Å²) < 4.78 is 73.6. The Hall–Kier alpha value is -6.67. The summed E-state index contributed by atoms with van der Waals surface area (Å²) in [5.74, 6) is -3.65. The van der Waals surface area contributed by atoms with Gasteiger partial charge >= 0.3 is 6.01 Å². The minimum Gasteiger partial charge on any atom is -0.462 e. The zero-order valence-corrected chi connectivity index (χ0v) is 47.0. The normalized spacial score (nSPS) is 20.9. The summed E-state index contributed by atoms with van der Waals surface area (Å²) in [6, 6.07) is 14.3. The van der Waals surface area contributed by atoms with Crippen molar-refractivity contribution in [3.05, 3.63) is 100 Å². The first-order valence-corrected chi connectivity index (χ1v) is 28.7. The zero-order valence-electron chi connectivity index (χ0n) is 45.5. The van der Waals surface area contributed by atoms with Crippen LogP contribution in [0.25, 0.3) is 43.2 Å². The predicted molar refractivity (Wildman–Crippen MR) is 303 cm³/mol. The molecule has 10 rings (SSSR count). The number of hydrogen-bond acceptors (Lipinski definition) is 14. The fourth-order valence-electron chi connectivity index (χ4n) is 11.8. The van der Waals surface area contributed by atoms with E-state index < -0.39 is 70.6 Å². The highest BCUT2D eigenvalue weighted by molar-refractivity contribution is 7.23. The van der Waals surface area contributed by atoms with Crippen molar-refractivity contribution in [2.45, 2.75) is 115 Å².